The molecule has 112 valence electrons. The van der Waals surface area contributed by atoms with E-state index < -0.39 is 0 Å². The van der Waals surface area contributed by atoms with Crippen LogP contribution in [0.5, 0.6) is 0 Å². The predicted octanol–water partition coefficient (Wildman–Crippen LogP) is 2.32. The van der Waals surface area contributed by atoms with E-state index in [0.29, 0.717) is 0 Å². The standard InChI is InChI=1S/C17H19N5/c18-14-7-4-9-21(12-14)17-16-11-15(13-5-2-1-3-6-13)20-22(16)10-8-19-17/h1-3,5-6,8,10-11,14H,4,7,9,12,18H2. The Balaban J connectivity index is 1.78. The van der Waals surface area contributed by atoms with Crippen LogP contribution in [-0.4, -0.2) is 33.7 Å². The number of rotatable bonds is 2. The first-order chi connectivity index (χ1) is 10.8. The monoisotopic (exact) mass is 293 g/mol. The maximum Gasteiger partial charge on any atom is 0.154 e. The zero-order chi connectivity index (χ0) is 14.9. The molecule has 1 fully saturated rings. The molecule has 22 heavy (non-hydrogen) atoms. The molecule has 0 radical (unpaired) electrons. The molecule has 3 heterocycles. The summed E-state index contributed by atoms with van der Waals surface area (Å²) in [6.45, 7) is 1.87. The highest BCUT2D eigenvalue weighted by atomic mass is 15.3. The number of nitrogens with two attached hydrogens (primary N) is 1. The summed E-state index contributed by atoms with van der Waals surface area (Å²) >= 11 is 0. The fraction of sp³-hybridized carbons (Fsp3) is 0.294. The second kappa shape index (κ2) is 5.42. The first-order valence-electron chi connectivity index (χ1n) is 7.71. The van der Waals surface area contributed by atoms with E-state index in [-0.39, 0.29) is 6.04 Å². The zero-order valence-electron chi connectivity index (χ0n) is 12.4. The third kappa shape index (κ3) is 2.33. The van der Waals surface area contributed by atoms with Gasteiger partial charge in [-0.15, -0.1) is 0 Å². The largest absolute Gasteiger partial charge is 0.353 e. The molecular weight excluding hydrogens is 274 g/mol. The minimum absolute atomic E-state index is 0.229. The molecule has 1 aliphatic heterocycles. The molecule has 2 N–H and O–H groups in total. The van der Waals surface area contributed by atoms with Gasteiger partial charge >= 0.3 is 0 Å². The van der Waals surface area contributed by atoms with Crippen molar-refractivity contribution in [3.63, 3.8) is 0 Å². The molecule has 5 heteroatoms. The van der Waals surface area contributed by atoms with Gasteiger partial charge in [0.15, 0.2) is 5.82 Å². The molecule has 0 bridgehead atoms. The van der Waals surface area contributed by atoms with Crippen LogP contribution in [-0.2, 0) is 0 Å². The molecule has 0 amide bonds. The lowest BCUT2D eigenvalue weighted by molar-refractivity contribution is 0.503. The summed E-state index contributed by atoms with van der Waals surface area (Å²) in [5, 5.41) is 4.68. The van der Waals surface area contributed by atoms with Gasteiger partial charge in [0, 0.05) is 37.1 Å². The van der Waals surface area contributed by atoms with Gasteiger partial charge in [-0.3, -0.25) is 0 Å². The number of benzene rings is 1. The fourth-order valence-corrected chi connectivity index (χ4v) is 3.10. The molecule has 1 aromatic carbocycles. The zero-order valence-corrected chi connectivity index (χ0v) is 12.4. The quantitative estimate of drug-likeness (QED) is 0.788. The molecule has 0 saturated carbocycles. The first-order valence-corrected chi connectivity index (χ1v) is 7.71. The average molecular weight is 293 g/mol. The molecule has 1 saturated heterocycles. The highest BCUT2D eigenvalue weighted by Crippen LogP contribution is 2.26. The molecule has 0 aliphatic carbocycles. The lowest BCUT2D eigenvalue weighted by atomic mass is 10.1. The number of piperidine rings is 1. The maximum atomic E-state index is 6.11. The first kappa shape index (κ1) is 13.3. The van der Waals surface area contributed by atoms with Crippen LogP contribution in [0.15, 0.2) is 48.8 Å². The van der Waals surface area contributed by atoms with Crippen molar-refractivity contribution >= 4 is 11.3 Å². The molecule has 0 spiro atoms. The Hall–Kier alpha value is -2.40. The van der Waals surface area contributed by atoms with E-state index in [1.54, 1.807) is 0 Å². The summed E-state index contributed by atoms with van der Waals surface area (Å²) in [6.07, 6.45) is 5.91. The topological polar surface area (TPSA) is 59.5 Å². The van der Waals surface area contributed by atoms with Gasteiger partial charge in [0.2, 0.25) is 0 Å². The minimum atomic E-state index is 0.229. The van der Waals surface area contributed by atoms with Crippen LogP contribution in [0.3, 0.4) is 0 Å². The molecule has 3 aromatic rings. The van der Waals surface area contributed by atoms with Crippen molar-refractivity contribution < 1.29 is 0 Å². The van der Waals surface area contributed by atoms with E-state index in [2.05, 4.69) is 33.2 Å². The lowest BCUT2D eigenvalue weighted by Gasteiger charge is -2.31. The van der Waals surface area contributed by atoms with E-state index in [1.165, 1.54) is 0 Å². The van der Waals surface area contributed by atoms with Crippen LogP contribution in [0.1, 0.15) is 12.8 Å². The second-order valence-electron chi connectivity index (χ2n) is 5.82. The summed E-state index contributed by atoms with van der Waals surface area (Å²) in [5.74, 6) is 0.979. The Kier molecular flexibility index (Phi) is 3.27. The predicted molar refractivity (Wildman–Crippen MR) is 87.8 cm³/mol. The van der Waals surface area contributed by atoms with Gasteiger partial charge in [-0.25, -0.2) is 9.50 Å². The Morgan fingerprint density at radius 3 is 2.86 bits per heavy atom. The number of anilines is 1. The number of hydrogen-bond acceptors (Lipinski definition) is 4. The minimum Gasteiger partial charge on any atom is -0.353 e. The van der Waals surface area contributed by atoms with Crippen molar-refractivity contribution in [3.05, 3.63) is 48.8 Å². The van der Waals surface area contributed by atoms with Gasteiger partial charge in [-0.05, 0) is 18.9 Å². The molecule has 2 aromatic heterocycles. The third-order valence-electron chi connectivity index (χ3n) is 4.20. The summed E-state index contributed by atoms with van der Waals surface area (Å²) in [4.78, 5) is 6.86. The molecule has 1 atom stereocenters. The molecule has 1 unspecified atom stereocenters. The van der Waals surface area contributed by atoms with E-state index >= 15 is 0 Å². The van der Waals surface area contributed by atoms with E-state index in [9.17, 15) is 0 Å². The van der Waals surface area contributed by atoms with Crippen LogP contribution in [0.4, 0.5) is 5.82 Å². The summed E-state index contributed by atoms with van der Waals surface area (Å²) in [5.41, 5.74) is 9.24. The second-order valence-corrected chi connectivity index (χ2v) is 5.82. The van der Waals surface area contributed by atoms with Gasteiger partial charge in [-0.2, -0.15) is 5.10 Å². The van der Waals surface area contributed by atoms with Crippen LogP contribution in [0.2, 0.25) is 0 Å². The van der Waals surface area contributed by atoms with Crippen molar-refractivity contribution in [2.45, 2.75) is 18.9 Å². The summed E-state index contributed by atoms with van der Waals surface area (Å²) < 4.78 is 1.91. The van der Waals surface area contributed by atoms with E-state index in [0.717, 1.165) is 48.5 Å². The maximum absolute atomic E-state index is 6.11. The van der Waals surface area contributed by atoms with Crippen molar-refractivity contribution in [1.29, 1.82) is 0 Å². The molecular formula is C17H19N5. The van der Waals surface area contributed by atoms with Crippen LogP contribution < -0.4 is 10.6 Å². The van der Waals surface area contributed by atoms with Crippen LogP contribution >= 0.6 is 0 Å². The van der Waals surface area contributed by atoms with Gasteiger partial charge in [-0.1, -0.05) is 30.3 Å². The number of hydrogen-bond donors (Lipinski definition) is 1. The summed E-state index contributed by atoms with van der Waals surface area (Å²) in [7, 11) is 0. The van der Waals surface area contributed by atoms with Crippen LogP contribution in [0, 0.1) is 0 Å². The van der Waals surface area contributed by atoms with Crippen molar-refractivity contribution in [2.24, 2.45) is 5.73 Å². The van der Waals surface area contributed by atoms with Crippen LogP contribution in [0.25, 0.3) is 16.8 Å². The van der Waals surface area contributed by atoms with E-state index in [1.807, 2.05) is 35.1 Å². The van der Waals surface area contributed by atoms with Crippen molar-refractivity contribution in [3.8, 4) is 11.3 Å². The molecule has 1 aliphatic rings. The highest BCUT2D eigenvalue weighted by molar-refractivity contribution is 5.75. The smallest absolute Gasteiger partial charge is 0.154 e. The Morgan fingerprint density at radius 1 is 1.18 bits per heavy atom. The van der Waals surface area contributed by atoms with Gasteiger partial charge in [0.25, 0.3) is 0 Å². The summed E-state index contributed by atoms with van der Waals surface area (Å²) in [6, 6.07) is 12.6. The number of fused-ring (bicyclic) bond motifs is 1. The van der Waals surface area contributed by atoms with Gasteiger partial charge in [0.1, 0.15) is 5.52 Å². The number of nitrogens with zero attached hydrogens (tertiary/aromatic N) is 4. The van der Waals surface area contributed by atoms with Crippen molar-refractivity contribution in [1.82, 2.24) is 14.6 Å². The SMILES string of the molecule is NC1CCCN(c2nccn3nc(-c4ccccc4)cc23)C1. The fourth-order valence-electron chi connectivity index (χ4n) is 3.10. The Labute approximate surface area is 129 Å². The third-order valence-corrected chi connectivity index (χ3v) is 4.20. The highest BCUT2D eigenvalue weighted by Gasteiger charge is 2.20. The van der Waals surface area contributed by atoms with Gasteiger partial charge in [0.05, 0.1) is 5.69 Å². The average Bonchev–Trinajstić information content (AvgIpc) is 3.00. The van der Waals surface area contributed by atoms with E-state index in [4.69, 9.17) is 5.73 Å². The van der Waals surface area contributed by atoms with Crippen molar-refractivity contribution in [2.75, 3.05) is 18.0 Å². The normalized spacial score (nSPS) is 18.8. The molecule has 4 rings (SSSR count). The van der Waals surface area contributed by atoms with Gasteiger partial charge < -0.3 is 10.6 Å². The Bertz CT molecular complexity index is 780. The Morgan fingerprint density at radius 2 is 2.05 bits per heavy atom. The lowest BCUT2D eigenvalue weighted by Crippen LogP contribution is -2.43. The molecule has 5 nitrogen and oxygen atoms in total. The number of aromatic nitrogens is 3.